The first-order valence-electron chi connectivity index (χ1n) is 11.3. The van der Waals surface area contributed by atoms with Crippen LogP contribution in [0.5, 0.6) is 11.5 Å². The van der Waals surface area contributed by atoms with Crippen molar-refractivity contribution in [2.24, 2.45) is 0 Å². The van der Waals surface area contributed by atoms with E-state index < -0.39 is 0 Å². The topological polar surface area (TPSA) is 47.6 Å². The molecule has 30 heavy (non-hydrogen) atoms. The smallest absolute Gasteiger partial charge is 0.251 e. The van der Waals surface area contributed by atoms with Gasteiger partial charge in [-0.2, -0.15) is 0 Å². The molecule has 4 nitrogen and oxygen atoms in total. The first-order valence-corrected chi connectivity index (χ1v) is 11.3. The third-order valence-corrected chi connectivity index (χ3v) is 5.50. The lowest BCUT2D eigenvalue weighted by atomic mass is 9.97. The Balaban J connectivity index is 2.02. The van der Waals surface area contributed by atoms with Gasteiger partial charge in [0.2, 0.25) is 0 Å². The number of rotatable bonds is 14. The van der Waals surface area contributed by atoms with Gasteiger partial charge < -0.3 is 14.8 Å². The number of carbonyl (C=O) groups excluding carboxylic acids is 1. The SMILES string of the molecule is CCCCCCCCCCC(NC(=O)c1ccccc1)c1ccc(OC)cc1OC. The van der Waals surface area contributed by atoms with Gasteiger partial charge in [0.1, 0.15) is 11.5 Å². The van der Waals surface area contributed by atoms with Crippen LogP contribution in [0.25, 0.3) is 0 Å². The van der Waals surface area contributed by atoms with Crippen LogP contribution in [0.1, 0.15) is 86.7 Å². The molecule has 164 valence electrons. The van der Waals surface area contributed by atoms with Gasteiger partial charge in [-0.05, 0) is 30.7 Å². The fraction of sp³-hybridized carbons (Fsp3) is 0.500. The van der Waals surface area contributed by atoms with Crippen molar-refractivity contribution >= 4 is 5.91 Å². The third-order valence-electron chi connectivity index (χ3n) is 5.50. The Morgan fingerprint density at radius 2 is 1.53 bits per heavy atom. The molecule has 0 heterocycles. The first kappa shape index (κ1) is 23.8. The quantitative estimate of drug-likeness (QED) is 0.352. The standard InChI is InChI=1S/C26H37NO3/c1-4-5-6-7-8-9-10-14-17-24(27-26(28)21-15-12-11-13-16-21)23-19-18-22(29-2)20-25(23)30-3/h11-13,15-16,18-20,24H,4-10,14,17H2,1-3H3,(H,27,28). The van der Waals surface area contributed by atoms with E-state index in [-0.39, 0.29) is 11.9 Å². The average Bonchev–Trinajstić information content (AvgIpc) is 2.80. The number of amides is 1. The number of unbranched alkanes of at least 4 members (excludes halogenated alkanes) is 7. The van der Waals surface area contributed by atoms with E-state index in [1.54, 1.807) is 14.2 Å². The van der Waals surface area contributed by atoms with Crippen LogP contribution in [-0.2, 0) is 0 Å². The van der Waals surface area contributed by atoms with Gasteiger partial charge in [0.25, 0.3) is 5.91 Å². The summed E-state index contributed by atoms with van der Waals surface area (Å²) in [6.07, 6.45) is 11.0. The molecule has 0 radical (unpaired) electrons. The zero-order valence-corrected chi connectivity index (χ0v) is 18.8. The van der Waals surface area contributed by atoms with E-state index in [2.05, 4.69) is 12.2 Å². The second-order valence-electron chi connectivity index (χ2n) is 7.76. The molecule has 1 N–H and O–H groups in total. The van der Waals surface area contributed by atoms with E-state index in [4.69, 9.17) is 9.47 Å². The zero-order chi connectivity index (χ0) is 21.6. The first-order chi connectivity index (χ1) is 14.7. The highest BCUT2D eigenvalue weighted by Gasteiger charge is 2.19. The predicted octanol–water partition coefficient (Wildman–Crippen LogP) is 6.71. The summed E-state index contributed by atoms with van der Waals surface area (Å²) in [6.45, 7) is 2.25. The maximum atomic E-state index is 12.8. The minimum absolute atomic E-state index is 0.0574. The number of nitrogens with one attached hydrogen (secondary N) is 1. The van der Waals surface area contributed by atoms with Gasteiger partial charge in [-0.1, -0.05) is 76.5 Å². The molecule has 0 aliphatic carbocycles. The van der Waals surface area contributed by atoms with Crippen LogP contribution >= 0.6 is 0 Å². The highest BCUT2D eigenvalue weighted by Crippen LogP contribution is 2.32. The highest BCUT2D eigenvalue weighted by atomic mass is 16.5. The van der Waals surface area contributed by atoms with Crippen molar-refractivity contribution in [3.05, 3.63) is 59.7 Å². The Bertz CT molecular complexity index is 745. The average molecular weight is 412 g/mol. The normalized spacial score (nSPS) is 11.7. The number of ether oxygens (including phenoxy) is 2. The van der Waals surface area contributed by atoms with Crippen LogP contribution < -0.4 is 14.8 Å². The number of methoxy groups -OCH3 is 2. The van der Waals surface area contributed by atoms with Gasteiger partial charge in [0.05, 0.1) is 20.3 Å². The summed E-state index contributed by atoms with van der Waals surface area (Å²) in [6, 6.07) is 15.1. The fourth-order valence-corrected chi connectivity index (χ4v) is 3.73. The Morgan fingerprint density at radius 1 is 0.867 bits per heavy atom. The van der Waals surface area contributed by atoms with E-state index in [0.717, 1.165) is 29.9 Å². The maximum Gasteiger partial charge on any atom is 0.251 e. The molecule has 1 amide bonds. The molecule has 1 unspecified atom stereocenters. The minimum atomic E-state index is -0.0985. The summed E-state index contributed by atoms with van der Waals surface area (Å²) in [7, 11) is 3.30. The lowest BCUT2D eigenvalue weighted by molar-refractivity contribution is 0.0933. The van der Waals surface area contributed by atoms with Gasteiger partial charge in [0.15, 0.2) is 0 Å². The van der Waals surface area contributed by atoms with Gasteiger partial charge in [0, 0.05) is 17.2 Å². The van der Waals surface area contributed by atoms with Crippen molar-refractivity contribution in [3.8, 4) is 11.5 Å². The Morgan fingerprint density at radius 3 is 2.17 bits per heavy atom. The summed E-state index contributed by atoms with van der Waals surface area (Å²) in [4.78, 5) is 12.8. The lowest BCUT2D eigenvalue weighted by Crippen LogP contribution is -2.29. The summed E-state index contributed by atoms with van der Waals surface area (Å²) >= 11 is 0. The Labute approximate surface area is 182 Å². The molecule has 2 rings (SSSR count). The van der Waals surface area contributed by atoms with Crippen molar-refractivity contribution in [2.45, 2.75) is 70.8 Å². The monoisotopic (exact) mass is 411 g/mol. The maximum absolute atomic E-state index is 12.8. The second kappa shape index (κ2) is 13.7. The largest absolute Gasteiger partial charge is 0.497 e. The molecule has 0 aliphatic heterocycles. The number of carbonyl (C=O) groups is 1. The molecule has 0 spiro atoms. The van der Waals surface area contributed by atoms with Gasteiger partial charge in [-0.15, -0.1) is 0 Å². The van der Waals surface area contributed by atoms with Gasteiger partial charge in [-0.25, -0.2) is 0 Å². The second-order valence-corrected chi connectivity index (χ2v) is 7.76. The molecule has 0 saturated carbocycles. The van der Waals surface area contributed by atoms with E-state index in [0.29, 0.717) is 5.56 Å². The summed E-state index contributed by atoms with van der Waals surface area (Å²) in [5.74, 6) is 1.43. The minimum Gasteiger partial charge on any atom is -0.497 e. The lowest BCUT2D eigenvalue weighted by Gasteiger charge is -2.22. The molecule has 0 saturated heterocycles. The molecule has 0 aromatic heterocycles. The van der Waals surface area contributed by atoms with Crippen LogP contribution in [0, 0.1) is 0 Å². The van der Waals surface area contributed by atoms with E-state index in [9.17, 15) is 4.79 Å². The number of benzene rings is 2. The summed E-state index contributed by atoms with van der Waals surface area (Å²) in [5.41, 5.74) is 1.66. The van der Waals surface area contributed by atoms with Crippen LogP contribution in [0.15, 0.2) is 48.5 Å². The summed E-state index contributed by atoms with van der Waals surface area (Å²) < 4.78 is 10.9. The molecular formula is C26H37NO3. The van der Waals surface area contributed by atoms with Crippen LogP contribution in [0.2, 0.25) is 0 Å². The molecule has 4 heteroatoms. The van der Waals surface area contributed by atoms with Crippen molar-refractivity contribution in [3.63, 3.8) is 0 Å². The van der Waals surface area contributed by atoms with E-state index in [1.165, 1.54) is 44.9 Å². The van der Waals surface area contributed by atoms with Crippen molar-refractivity contribution in [1.29, 1.82) is 0 Å². The molecule has 0 aliphatic rings. The predicted molar refractivity (Wildman–Crippen MR) is 123 cm³/mol. The van der Waals surface area contributed by atoms with Gasteiger partial charge >= 0.3 is 0 Å². The molecule has 0 fully saturated rings. The Hall–Kier alpha value is -2.49. The van der Waals surface area contributed by atoms with Crippen LogP contribution in [0.4, 0.5) is 0 Å². The molecular weight excluding hydrogens is 374 g/mol. The van der Waals surface area contributed by atoms with Crippen LogP contribution in [0.3, 0.4) is 0 Å². The number of hydrogen-bond donors (Lipinski definition) is 1. The Kier molecular flexibility index (Phi) is 10.8. The van der Waals surface area contributed by atoms with Crippen molar-refractivity contribution in [2.75, 3.05) is 14.2 Å². The third kappa shape index (κ3) is 7.74. The number of hydrogen-bond acceptors (Lipinski definition) is 3. The van der Waals surface area contributed by atoms with Gasteiger partial charge in [-0.3, -0.25) is 4.79 Å². The molecule has 2 aromatic rings. The van der Waals surface area contributed by atoms with Crippen molar-refractivity contribution < 1.29 is 14.3 Å². The van der Waals surface area contributed by atoms with E-state index >= 15 is 0 Å². The molecule has 1 atom stereocenters. The zero-order valence-electron chi connectivity index (χ0n) is 18.8. The molecule has 0 bridgehead atoms. The van der Waals surface area contributed by atoms with Crippen molar-refractivity contribution in [1.82, 2.24) is 5.32 Å². The van der Waals surface area contributed by atoms with Crippen LogP contribution in [-0.4, -0.2) is 20.1 Å². The van der Waals surface area contributed by atoms with E-state index in [1.807, 2.05) is 48.5 Å². The fourth-order valence-electron chi connectivity index (χ4n) is 3.73. The summed E-state index contributed by atoms with van der Waals surface area (Å²) in [5, 5.41) is 3.22. The highest BCUT2D eigenvalue weighted by molar-refractivity contribution is 5.94. The molecule has 2 aromatic carbocycles.